The molecular weight excluding hydrogens is 278 g/mol. The molecule has 0 aromatic carbocycles. The molecular formula is C9H6BrN3O3. The fourth-order valence-corrected chi connectivity index (χ4v) is 1.61. The summed E-state index contributed by atoms with van der Waals surface area (Å²) in [5.74, 6) is -1.09. The number of aliphatic carboxylic acids is 1. The average molecular weight is 284 g/mol. The number of carboxylic acid groups (broad SMARTS) is 1. The Morgan fingerprint density at radius 2 is 2.25 bits per heavy atom. The molecule has 2 heterocycles. The predicted molar refractivity (Wildman–Crippen MR) is 59.1 cm³/mol. The van der Waals surface area contributed by atoms with Crippen molar-refractivity contribution in [2.24, 2.45) is 0 Å². The number of fused-ring (bicyclic) bond motifs is 1. The number of carbonyl (C=O) groups is 1. The fraction of sp³-hybridized carbons (Fsp3) is 0.111. The van der Waals surface area contributed by atoms with Gasteiger partial charge in [-0.05, 0) is 22.0 Å². The van der Waals surface area contributed by atoms with Crippen LogP contribution in [-0.2, 0) is 11.3 Å². The van der Waals surface area contributed by atoms with E-state index in [1.807, 2.05) is 0 Å². The van der Waals surface area contributed by atoms with Crippen LogP contribution in [0.5, 0.6) is 0 Å². The molecule has 0 saturated heterocycles. The summed E-state index contributed by atoms with van der Waals surface area (Å²) < 4.78 is 1.67. The fourth-order valence-electron chi connectivity index (χ4n) is 1.28. The van der Waals surface area contributed by atoms with Crippen molar-refractivity contribution in [3.63, 3.8) is 0 Å². The standard InChI is InChI=1S/C9H6BrN3O3/c10-5-1-6-8(11-2-5)12-4-13(9(6)16)3-7(14)15/h1-2,4H,3H2,(H,14,15). The highest BCUT2D eigenvalue weighted by atomic mass is 79.9. The van der Waals surface area contributed by atoms with Crippen LogP contribution in [0, 0.1) is 0 Å². The lowest BCUT2D eigenvalue weighted by molar-refractivity contribution is -0.137. The van der Waals surface area contributed by atoms with Gasteiger partial charge in [0.05, 0.1) is 5.39 Å². The molecule has 0 atom stereocenters. The highest BCUT2D eigenvalue weighted by Crippen LogP contribution is 2.11. The number of halogens is 1. The number of carboxylic acids is 1. The maximum absolute atomic E-state index is 11.8. The van der Waals surface area contributed by atoms with Gasteiger partial charge in [-0.25, -0.2) is 9.97 Å². The van der Waals surface area contributed by atoms with Gasteiger partial charge in [-0.3, -0.25) is 14.2 Å². The van der Waals surface area contributed by atoms with Crippen molar-refractivity contribution >= 4 is 32.9 Å². The summed E-state index contributed by atoms with van der Waals surface area (Å²) in [6.07, 6.45) is 2.70. The molecule has 0 aliphatic rings. The molecule has 0 radical (unpaired) electrons. The number of aromatic nitrogens is 3. The first-order valence-electron chi connectivity index (χ1n) is 4.30. The highest BCUT2D eigenvalue weighted by Gasteiger charge is 2.07. The highest BCUT2D eigenvalue weighted by molar-refractivity contribution is 9.10. The SMILES string of the molecule is O=C(O)Cn1cnc2ncc(Br)cc2c1=O. The van der Waals surface area contributed by atoms with Gasteiger partial charge >= 0.3 is 5.97 Å². The Bertz CT molecular complexity index is 623. The lowest BCUT2D eigenvalue weighted by Gasteiger charge is -2.02. The smallest absolute Gasteiger partial charge is 0.323 e. The maximum atomic E-state index is 11.8. The van der Waals surface area contributed by atoms with Crippen molar-refractivity contribution in [3.05, 3.63) is 33.4 Å². The van der Waals surface area contributed by atoms with E-state index < -0.39 is 18.1 Å². The molecule has 6 nitrogen and oxygen atoms in total. The van der Waals surface area contributed by atoms with Crippen LogP contribution in [0.25, 0.3) is 11.0 Å². The summed E-state index contributed by atoms with van der Waals surface area (Å²) in [5.41, 5.74) is -0.115. The Morgan fingerprint density at radius 1 is 1.50 bits per heavy atom. The molecule has 82 valence electrons. The molecule has 2 aromatic rings. The summed E-state index contributed by atoms with van der Waals surface area (Å²) >= 11 is 3.19. The lowest BCUT2D eigenvalue weighted by atomic mass is 10.3. The monoisotopic (exact) mass is 283 g/mol. The minimum absolute atomic E-state index is 0.290. The van der Waals surface area contributed by atoms with E-state index >= 15 is 0 Å². The number of hydrogen-bond acceptors (Lipinski definition) is 4. The maximum Gasteiger partial charge on any atom is 0.323 e. The number of rotatable bonds is 2. The van der Waals surface area contributed by atoms with E-state index in [0.29, 0.717) is 10.1 Å². The zero-order chi connectivity index (χ0) is 11.7. The molecule has 0 aliphatic carbocycles. The average Bonchev–Trinajstić information content (AvgIpc) is 2.22. The van der Waals surface area contributed by atoms with Crippen molar-refractivity contribution in [1.29, 1.82) is 0 Å². The first-order chi connectivity index (χ1) is 7.58. The zero-order valence-corrected chi connectivity index (χ0v) is 9.51. The Balaban J connectivity index is 2.68. The van der Waals surface area contributed by atoms with Crippen molar-refractivity contribution in [2.45, 2.75) is 6.54 Å². The number of pyridine rings is 1. The van der Waals surface area contributed by atoms with Gasteiger partial charge in [0.15, 0.2) is 5.65 Å². The summed E-state index contributed by atoms with van der Waals surface area (Å²) in [6, 6.07) is 1.57. The van der Waals surface area contributed by atoms with Gasteiger partial charge in [-0.15, -0.1) is 0 Å². The number of nitrogens with zero attached hydrogens (tertiary/aromatic N) is 3. The van der Waals surface area contributed by atoms with Gasteiger partial charge in [0.2, 0.25) is 0 Å². The Morgan fingerprint density at radius 3 is 2.94 bits per heavy atom. The van der Waals surface area contributed by atoms with Gasteiger partial charge in [-0.1, -0.05) is 0 Å². The second-order valence-electron chi connectivity index (χ2n) is 3.10. The molecule has 0 unspecified atom stereocenters. The van der Waals surface area contributed by atoms with E-state index in [1.165, 1.54) is 12.5 Å². The lowest BCUT2D eigenvalue weighted by Crippen LogP contribution is -2.24. The second kappa shape index (κ2) is 4.01. The molecule has 2 aromatic heterocycles. The van der Waals surface area contributed by atoms with Crippen molar-refractivity contribution in [1.82, 2.24) is 14.5 Å². The van der Waals surface area contributed by atoms with Crippen molar-refractivity contribution < 1.29 is 9.90 Å². The third-order valence-corrected chi connectivity index (χ3v) is 2.38. The van der Waals surface area contributed by atoms with E-state index in [9.17, 15) is 9.59 Å². The van der Waals surface area contributed by atoms with Crippen LogP contribution in [0.15, 0.2) is 27.9 Å². The minimum Gasteiger partial charge on any atom is -0.480 e. The van der Waals surface area contributed by atoms with Crippen LogP contribution in [0.4, 0.5) is 0 Å². The summed E-state index contributed by atoms with van der Waals surface area (Å²) in [4.78, 5) is 30.2. The summed E-state index contributed by atoms with van der Waals surface area (Å²) in [6.45, 7) is -0.408. The third kappa shape index (κ3) is 1.94. The molecule has 0 bridgehead atoms. The van der Waals surface area contributed by atoms with Crippen LogP contribution < -0.4 is 5.56 Å². The quantitative estimate of drug-likeness (QED) is 0.874. The molecule has 7 heteroatoms. The molecule has 0 aliphatic heterocycles. The molecule has 0 fully saturated rings. The third-order valence-electron chi connectivity index (χ3n) is 1.95. The molecule has 2 rings (SSSR count). The van der Waals surface area contributed by atoms with Gasteiger partial charge in [0, 0.05) is 10.7 Å². The van der Waals surface area contributed by atoms with Gasteiger partial charge in [-0.2, -0.15) is 0 Å². The molecule has 1 N–H and O–H groups in total. The summed E-state index contributed by atoms with van der Waals surface area (Å²) in [5, 5.41) is 8.90. The second-order valence-corrected chi connectivity index (χ2v) is 4.01. The molecule has 0 spiro atoms. The van der Waals surface area contributed by atoms with Crippen LogP contribution in [0.3, 0.4) is 0 Å². The van der Waals surface area contributed by atoms with Gasteiger partial charge in [0.25, 0.3) is 5.56 Å². The predicted octanol–water partition coefficient (Wildman–Crippen LogP) is 0.639. The van der Waals surface area contributed by atoms with Gasteiger partial charge < -0.3 is 5.11 Å². The Hall–Kier alpha value is -1.76. The Kier molecular flexibility index (Phi) is 2.69. The summed E-state index contributed by atoms with van der Waals surface area (Å²) in [7, 11) is 0. The van der Waals surface area contributed by atoms with E-state index in [4.69, 9.17) is 5.11 Å². The van der Waals surface area contributed by atoms with Crippen LogP contribution in [0.2, 0.25) is 0 Å². The molecule has 0 amide bonds. The van der Waals surface area contributed by atoms with E-state index in [-0.39, 0.29) is 5.39 Å². The van der Waals surface area contributed by atoms with Crippen molar-refractivity contribution in [2.75, 3.05) is 0 Å². The first kappa shape index (κ1) is 10.7. The number of hydrogen-bond donors (Lipinski definition) is 1. The normalized spacial score (nSPS) is 10.6. The topological polar surface area (TPSA) is 85.1 Å². The van der Waals surface area contributed by atoms with E-state index in [2.05, 4.69) is 25.9 Å². The Labute approximate surface area is 97.7 Å². The molecule has 16 heavy (non-hydrogen) atoms. The first-order valence-corrected chi connectivity index (χ1v) is 5.10. The van der Waals surface area contributed by atoms with E-state index in [0.717, 1.165) is 4.57 Å². The van der Waals surface area contributed by atoms with Gasteiger partial charge in [0.1, 0.15) is 12.9 Å². The van der Waals surface area contributed by atoms with E-state index in [1.54, 1.807) is 6.07 Å². The minimum atomic E-state index is -1.09. The van der Waals surface area contributed by atoms with Crippen LogP contribution in [-0.4, -0.2) is 25.6 Å². The molecule has 0 saturated carbocycles. The van der Waals surface area contributed by atoms with Crippen LogP contribution >= 0.6 is 15.9 Å². The zero-order valence-electron chi connectivity index (χ0n) is 7.92. The van der Waals surface area contributed by atoms with Crippen LogP contribution in [0.1, 0.15) is 0 Å². The van der Waals surface area contributed by atoms with Crippen molar-refractivity contribution in [3.8, 4) is 0 Å². The largest absolute Gasteiger partial charge is 0.480 e.